The molecule has 0 saturated carbocycles. The van der Waals surface area contributed by atoms with Gasteiger partial charge >= 0.3 is 0 Å². The Kier molecular flexibility index (Phi) is 5.13. The maximum atomic E-state index is 8.95. The molecular weight excluding hydrogens is 158 g/mol. The minimum Gasteiger partial charge on any atom is -0.392 e. The molecule has 3 heteroatoms. The van der Waals surface area contributed by atoms with Crippen LogP contribution < -0.4 is 5.32 Å². The van der Waals surface area contributed by atoms with Crippen LogP contribution in [-0.4, -0.2) is 35.3 Å². The summed E-state index contributed by atoms with van der Waals surface area (Å²) in [4.78, 5) is 0. The molecule has 11 heavy (non-hydrogen) atoms. The fraction of sp³-hybridized carbons (Fsp3) is 1.00. The summed E-state index contributed by atoms with van der Waals surface area (Å²) in [5.41, 5.74) is 0. The Bertz CT molecular complexity index is 104. The summed E-state index contributed by atoms with van der Waals surface area (Å²) >= 11 is 1.83. The standard InChI is InChI=1S/C8H19NOS/c1-7(10)5-9-6-8(2,3)11-4/h7,9-10H,5-6H2,1-4H3/t7-/m1/s1. The second kappa shape index (κ2) is 5.01. The molecule has 0 radical (unpaired) electrons. The van der Waals surface area contributed by atoms with Gasteiger partial charge in [-0.2, -0.15) is 11.8 Å². The van der Waals surface area contributed by atoms with Crippen molar-refractivity contribution in [1.82, 2.24) is 5.32 Å². The first-order valence-corrected chi connectivity index (χ1v) is 5.14. The first kappa shape index (κ1) is 11.3. The number of hydrogen-bond donors (Lipinski definition) is 2. The third-order valence-electron chi connectivity index (χ3n) is 1.54. The molecule has 0 unspecified atom stereocenters. The molecule has 0 aliphatic rings. The third-order valence-corrected chi connectivity index (χ3v) is 2.79. The van der Waals surface area contributed by atoms with Gasteiger partial charge in [-0.05, 0) is 27.0 Å². The molecule has 0 fully saturated rings. The van der Waals surface area contributed by atoms with Crippen molar-refractivity contribution < 1.29 is 5.11 Å². The quantitative estimate of drug-likeness (QED) is 0.659. The lowest BCUT2D eigenvalue weighted by molar-refractivity contribution is 0.190. The van der Waals surface area contributed by atoms with Gasteiger partial charge in [-0.15, -0.1) is 0 Å². The van der Waals surface area contributed by atoms with Crippen LogP contribution in [0.1, 0.15) is 20.8 Å². The van der Waals surface area contributed by atoms with E-state index < -0.39 is 0 Å². The Morgan fingerprint density at radius 1 is 1.55 bits per heavy atom. The molecule has 1 atom stereocenters. The summed E-state index contributed by atoms with van der Waals surface area (Å²) in [7, 11) is 0. The van der Waals surface area contributed by atoms with Crippen LogP contribution in [0.15, 0.2) is 0 Å². The number of aliphatic hydroxyl groups is 1. The van der Waals surface area contributed by atoms with Crippen LogP contribution in [0, 0.1) is 0 Å². The molecule has 0 saturated heterocycles. The average molecular weight is 177 g/mol. The van der Waals surface area contributed by atoms with Gasteiger partial charge in [0.05, 0.1) is 6.10 Å². The van der Waals surface area contributed by atoms with Gasteiger partial charge in [0.2, 0.25) is 0 Å². The van der Waals surface area contributed by atoms with E-state index in [9.17, 15) is 0 Å². The summed E-state index contributed by atoms with van der Waals surface area (Å²) in [6.07, 6.45) is 1.86. The molecule has 0 aromatic carbocycles. The molecular formula is C8H19NOS. The highest BCUT2D eigenvalue weighted by atomic mass is 32.2. The van der Waals surface area contributed by atoms with Crippen LogP contribution in [-0.2, 0) is 0 Å². The number of rotatable bonds is 5. The Morgan fingerprint density at radius 3 is 2.45 bits per heavy atom. The van der Waals surface area contributed by atoms with Crippen molar-refractivity contribution in [1.29, 1.82) is 0 Å². The Morgan fingerprint density at radius 2 is 2.09 bits per heavy atom. The summed E-state index contributed by atoms with van der Waals surface area (Å²) in [6.45, 7) is 7.79. The SMILES string of the molecule is CSC(C)(C)CNC[C@@H](C)O. The Balaban J connectivity index is 3.38. The van der Waals surface area contributed by atoms with E-state index in [1.807, 2.05) is 11.8 Å². The van der Waals surface area contributed by atoms with Crippen molar-refractivity contribution in [2.75, 3.05) is 19.3 Å². The van der Waals surface area contributed by atoms with E-state index in [2.05, 4.69) is 25.4 Å². The molecule has 0 aromatic rings. The molecule has 0 amide bonds. The molecule has 2 nitrogen and oxygen atoms in total. The zero-order valence-corrected chi connectivity index (χ0v) is 8.66. The van der Waals surface area contributed by atoms with Crippen molar-refractivity contribution in [3.05, 3.63) is 0 Å². The minimum absolute atomic E-state index is 0.243. The van der Waals surface area contributed by atoms with Crippen LogP contribution in [0.3, 0.4) is 0 Å². The predicted octanol–water partition coefficient (Wildman–Crippen LogP) is 1.10. The predicted molar refractivity (Wildman–Crippen MR) is 52.1 cm³/mol. The first-order valence-electron chi connectivity index (χ1n) is 3.92. The van der Waals surface area contributed by atoms with E-state index >= 15 is 0 Å². The van der Waals surface area contributed by atoms with Crippen LogP contribution in [0.2, 0.25) is 0 Å². The lowest BCUT2D eigenvalue weighted by Crippen LogP contribution is -2.35. The number of nitrogens with one attached hydrogen (secondary N) is 1. The van der Waals surface area contributed by atoms with E-state index in [4.69, 9.17) is 5.11 Å². The number of thioether (sulfide) groups is 1. The van der Waals surface area contributed by atoms with Gasteiger partial charge < -0.3 is 10.4 Å². The Hall–Kier alpha value is 0.270. The molecule has 2 N–H and O–H groups in total. The monoisotopic (exact) mass is 177 g/mol. The molecule has 0 aliphatic carbocycles. The smallest absolute Gasteiger partial charge is 0.0636 e. The van der Waals surface area contributed by atoms with E-state index in [0.29, 0.717) is 6.54 Å². The zero-order chi connectivity index (χ0) is 8.91. The maximum Gasteiger partial charge on any atom is 0.0636 e. The summed E-state index contributed by atoms with van der Waals surface area (Å²) < 4.78 is 0.273. The van der Waals surface area contributed by atoms with E-state index in [1.54, 1.807) is 6.92 Å². The van der Waals surface area contributed by atoms with Crippen molar-refractivity contribution in [3.63, 3.8) is 0 Å². The van der Waals surface area contributed by atoms with Gasteiger partial charge in [0.15, 0.2) is 0 Å². The van der Waals surface area contributed by atoms with Gasteiger partial charge in [-0.3, -0.25) is 0 Å². The van der Waals surface area contributed by atoms with Crippen LogP contribution in [0.5, 0.6) is 0 Å². The average Bonchev–Trinajstić information content (AvgIpc) is 1.87. The highest BCUT2D eigenvalue weighted by Crippen LogP contribution is 2.19. The lowest BCUT2D eigenvalue weighted by Gasteiger charge is -2.22. The summed E-state index contributed by atoms with van der Waals surface area (Å²) in [5.74, 6) is 0. The topological polar surface area (TPSA) is 32.3 Å². The third kappa shape index (κ3) is 6.66. The summed E-state index contributed by atoms with van der Waals surface area (Å²) in [5, 5.41) is 12.2. The van der Waals surface area contributed by atoms with Crippen LogP contribution in [0.25, 0.3) is 0 Å². The molecule has 0 aromatic heterocycles. The second-order valence-electron chi connectivity index (χ2n) is 3.44. The summed E-state index contributed by atoms with van der Waals surface area (Å²) in [6, 6.07) is 0. The van der Waals surface area contributed by atoms with Gasteiger partial charge in [-0.25, -0.2) is 0 Å². The lowest BCUT2D eigenvalue weighted by atomic mass is 10.2. The molecule has 68 valence electrons. The van der Waals surface area contributed by atoms with Crippen molar-refractivity contribution >= 4 is 11.8 Å². The van der Waals surface area contributed by atoms with Crippen molar-refractivity contribution in [2.24, 2.45) is 0 Å². The highest BCUT2D eigenvalue weighted by molar-refractivity contribution is 7.99. The fourth-order valence-corrected chi connectivity index (χ4v) is 0.901. The van der Waals surface area contributed by atoms with Gasteiger partial charge in [0.1, 0.15) is 0 Å². The molecule has 0 spiro atoms. The van der Waals surface area contributed by atoms with Crippen molar-refractivity contribution in [3.8, 4) is 0 Å². The number of aliphatic hydroxyl groups excluding tert-OH is 1. The van der Waals surface area contributed by atoms with Crippen molar-refractivity contribution in [2.45, 2.75) is 31.6 Å². The second-order valence-corrected chi connectivity index (χ2v) is 4.96. The molecule has 0 aliphatic heterocycles. The van der Waals surface area contributed by atoms with Crippen LogP contribution >= 0.6 is 11.8 Å². The minimum atomic E-state index is -0.243. The van der Waals surface area contributed by atoms with E-state index in [1.165, 1.54) is 0 Å². The van der Waals surface area contributed by atoms with Gasteiger partial charge in [0, 0.05) is 17.8 Å². The zero-order valence-electron chi connectivity index (χ0n) is 7.85. The molecule has 0 rings (SSSR count). The Labute approximate surface area is 73.8 Å². The molecule has 0 bridgehead atoms. The van der Waals surface area contributed by atoms with E-state index in [0.717, 1.165) is 6.54 Å². The molecule has 0 heterocycles. The van der Waals surface area contributed by atoms with Gasteiger partial charge in [-0.1, -0.05) is 0 Å². The number of hydrogen-bond acceptors (Lipinski definition) is 3. The highest BCUT2D eigenvalue weighted by Gasteiger charge is 2.14. The largest absolute Gasteiger partial charge is 0.392 e. The van der Waals surface area contributed by atoms with Crippen LogP contribution in [0.4, 0.5) is 0 Å². The first-order chi connectivity index (χ1) is 4.98. The maximum absolute atomic E-state index is 8.95. The fourth-order valence-electron chi connectivity index (χ4n) is 0.654. The van der Waals surface area contributed by atoms with Gasteiger partial charge in [0.25, 0.3) is 0 Å². The normalized spacial score (nSPS) is 15.0. The van der Waals surface area contributed by atoms with E-state index in [-0.39, 0.29) is 10.9 Å².